The summed E-state index contributed by atoms with van der Waals surface area (Å²) in [5, 5.41) is 3.50. The molecule has 21 heavy (non-hydrogen) atoms. The second-order valence-corrected chi connectivity index (χ2v) is 6.38. The minimum absolute atomic E-state index is 0.110. The van der Waals surface area contributed by atoms with E-state index >= 15 is 0 Å². The normalized spacial score (nSPS) is 29.0. The van der Waals surface area contributed by atoms with Crippen LogP contribution in [0, 0.1) is 0 Å². The van der Waals surface area contributed by atoms with Crippen molar-refractivity contribution >= 4 is 5.97 Å². The van der Waals surface area contributed by atoms with E-state index in [-0.39, 0.29) is 18.2 Å². The molecule has 5 nitrogen and oxygen atoms in total. The van der Waals surface area contributed by atoms with Crippen LogP contribution in [0.3, 0.4) is 0 Å². The summed E-state index contributed by atoms with van der Waals surface area (Å²) in [6.07, 6.45) is 5.09. The highest BCUT2D eigenvalue weighted by molar-refractivity contribution is 5.81. The van der Waals surface area contributed by atoms with Crippen molar-refractivity contribution in [3.8, 4) is 0 Å². The van der Waals surface area contributed by atoms with Crippen LogP contribution in [0.25, 0.3) is 0 Å². The van der Waals surface area contributed by atoms with Gasteiger partial charge in [-0.1, -0.05) is 0 Å². The van der Waals surface area contributed by atoms with Gasteiger partial charge in [0.2, 0.25) is 0 Å². The number of esters is 1. The second-order valence-electron chi connectivity index (χ2n) is 6.38. The Bertz CT molecular complexity index is 343. The van der Waals surface area contributed by atoms with Crippen LogP contribution in [0.5, 0.6) is 0 Å². The van der Waals surface area contributed by atoms with Crippen LogP contribution in [0.4, 0.5) is 0 Å². The van der Waals surface area contributed by atoms with Crippen LogP contribution in [-0.2, 0) is 19.0 Å². The summed E-state index contributed by atoms with van der Waals surface area (Å²) in [4.78, 5) is 12.3. The lowest BCUT2D eigenvalue weighted by Crippen LogP contribution is -2.52. The van der Waals surface area contributed by atoms with Gasteiger partial charge in [-0.15, -0.1) is 0 Å². The molecule has 0 amide bonds. The van der Waals surface area contributed by atoms with Crippen LogP contribution < -0.4 is 5.32 Å². The van der Waals surface area contributed by atoms with Gasteiger partial charge >= 0.3 is 5.97 Å². The Morgan fingerprint density at radius 2 is 2.05 bits per heavy atom. The maximum absolute atomic E-state index is 12.3. The molecular formula is C16H29NO4. The molecule has 2 aliphatic carbocycles. The fraction of sp³-hybridized carbons (Fsp3) is 0.938. The maximum Gasteiger partial charge on any atom is 0.326 e. The smallest absolute Gasteiger partial charge is 0.326 e. The fourth-order valence-electron chi connectivity index (χ4n) is 2.90. The third kappa shape index (κ3) is 4.94. The minimum Gasteiger partial charge on any atom is -0.465 e. The molecule has 0 aromatic rings. The van der Waals surface area contributed by atoms with Crippen molar-refractivity contribution in [3.63, 3.8) is 0 Å². The van der Waals surface area contributed by atoms with E-state index in [1.54, 1.807) is 0 Å². The summed E-state index contributed by atoms with van der Waals surface area (Å²) in [5.74, 6) is -0.110. The molecule has 0 bridgehead atoms. The van der Waals surface area contributed by atoms with E-state index in [2.05, 4.69) is 5.32 Å². The summed E-state index contributed by atoms with van der Waals surface area (Å²) in [6, 6.07) is 0.484. The van der Waals surface area contributed by atoms with Crippen molar-refractivity contribution in [2.45, 2.75) is 76.7 Å². The van der Waals surface area contributed by atoms with E-state index in [1.165, 1.54) is 0 Å². The molecule has 0 radical (unpaired) electrons. The Hall–Kier alpha value is -0.650. The summed E-state index contributed by atoms with van der Waals surface area (Å²) in [5.41, 5.74) is -0.527. The van der Waals surface area contributed by atoms with Crippen molar-refractivity contribution in [1.82, 2.24) is 5.32 Å². The molecular weight excluding hydrogens is 270 g/mol. The molecule has 2 atom stereocenters. The van der Waals surface area contributed by atoms with Crippen molar-refractivity contribution < 1.29 is 19.0 Å². The average molecular weight is 299 g/mol. The molecule has 0 aliphatic heterocycles. The van der Waals surface area contributed by atoms with Gasteiger partial charge < -0.3 is 14.2 Å². The van der Waals surface area contributed by atoms with Gasteiger partial charge in [-0.05, 0) is 46.5 Å². The summed E-state index contributed by atoms with van der Waals surface area (Å²) in [6.45, 7) is 7.51. The minimum atomic E-state index is -0.527. The Labute approximate surface area is 127 Å². The molecule has 2 fully saturated rings. The molecule has 122 valence electrons. The van der Waals surface area contributed by atoms with E-state index in [0.29, 0.717) is 32.3 Å². The molecule has 0 spiro atoms. The zero-order valence-corrected chi connectivity index (χ0v) is 13.5. The number of hydrogen-bond acceptors (Lipinski definition) is 5. The highest BCUT2D eigenvalue weighted by Gasteiger charge is 2.49. The van der Waals surface area contributed by atoms with Crippen LogP contribution in [0.2, 0.25) is 0 Å². The number of carbonyl (C=O) groups is 1. The van der Waals surface area contributed by atoms with Crippen LogP contribution in [-0.4, -0.2) is 49.6 Å². The summed E-state index contributed by atoms with van der Waals surface area (Å²) < 4.78 is 16.6. The quantitative estimate of drug-likeness (QED) is 0.521. The van der Waals surface area contributed by atoms with E-state index < -0.39 is 5.54 Å². The fourth-order valence-corrected chi connectivity index (χ4v) is 2.90. The Balaban J connectivity index is 1.81. The SMILES string of the molecule is CCOC(=O)C1(NC2CC2)CCC(OCCOC(C)C)C1. The zero-order valence-electron chi connectivity index (χ0n) is 13.5. The van der Waals surface area contributed by atoms with Crippen molar-refractivity contribution in [1.29, 1.82) is 0 Å². The third-order valence-corrected chi connectivity index (χ3v) is 4.08. The first-order chi connectivity index (χ1) is 10.1. The summed E-state index contributed by atoms with van der Waals surface area (Å²) in [7, 11) is 0. The van der Waals surface area contributed by atoms with Gasteiger partial charge in [0.25, 0.3) is 0 Å². The molecule has 2 rings (SSSR count). The Morgan fingerprint density at radius 1 is 1.29 bits per heavy atom. The van der Waals surface area contributed by atoms with Crippen LogP contribution in [0.1, 0.15) is 52.9 Å². The third-order valence-electron chi connectivity index (χ3n) is 4.08. The van der Waals surface area contributed by atoms with E-state index in [0.717, 1.165) is 25.7 Å². The molecule has 1 N–H and O–H groups in total. The van der Waals surface area contributed by atoms with Gasteiger partial charge in [-0.2, -0.15) is 0 Å². The van der Waals surface area contributed by atoms with E-state index in [9.17, 15) is 4.79 Å². The van der Waals surface area contributed by atoms with Gasteiger partial charge in [0, 0.05) is 12.5 Å². The van der Waals surface area contributed by atoms with Gasteiger partial charge in [0.05, 0.1) is 32.0 Å². The predicted octanol–water partition coefficient (Wildman–Crippen LogP) is 2.03. The van der Waals surface area contributed by atoms with Crippen LogP contribution in [0.15, 0.2) is 0 Å². The van der Waals surface area contributed by atoms with Gasteiger partial charge in [-0.25, -0.2) is 0 Å². The zero-order chi connectivity index (χ0) is 15.3. The first-order valence-corrected chi connectivity index (χ1v) is 8.24. The number of ether oxygens (including phenoxy) is 3. The largest absolute Gasteiger partial charge is 0.465 e. The second kappa shape index (κ2) is 7.56. The molecule has 0 saturated heterocycles. The molecule has 0 heterocycles. The van der Waals surface area contributed by atoms with Crippen molar-refractivity contribution in [3.05, 3.63) is 0 Å². The topological polar surface area (TPSA) is 56.8 Å². The van der Waals surface area contributed by atoms with Crippen molar-refractivity contribution in [2.24, 2.45) is 0 Å². The molecule has 0 aromatic carbocycles. The summed E-state index contributed by atoms with van der Waals surface area (Å²) >= 11 is 0. The standard InChI is InChI=1S/C16H29NO4/c1-4-19-15(18)16(17-13-5-6-13)8-7-14(11-16)21-10-9-20-12(2)3/h12-14,17H,4-11H2,1-3H3. The molecule has 2 saturated carbocycles. The van der Waals surface area contributed by atoms with Crippen LogP contribution >= 0.6 is 0 Å². The van der Waals surface area contributed by atoms with E-state index in [1.807, 2.05) is 20.8 Å². The lowest BCUT2D eigenvalue weighted by Gasteiger charge is -2.28. The Morgan fingerprint density at radius 3 is 2.67 bits per heavy atom. The first kappa shape index (κ1) is 16.7. The van der Waals surface area contributed by atoms with Gasteiger partial charge in [-0.3, -0.25) is 10.1 Å². The van der Waals surface area contributed by atoms with Gasteiger partial charge in [0.15, 0.2) is 0 Å². The highest BCUT2D eigenvalue weighted by atomic mass is 16.5. The number of nitrogens with one attached hydrogen (secondary N) is 1. The predicted molar refractivity (Wildman–Crippen MR) is 80.2 cm³/mol. The maximum atomic E-state index is 12.3. The monoisotopic (exact) mass is 299 g/mol. The average Bonchev–Trinajstić information content (AvgIpc) is 3.14. The van der Waals surface area contributed by atoms with Crippen molar-refractivity contribution in [2.75, 3.05) is 19.8 Å². The molecule has 0 aromatic heterocycles. The highest BCUT2D eigenvalue weighted by Crippen LogP contribution is 2.36. The van der Waals surface area contributed by atoms with Gasteiger partial charge in [0.1, 0.15) is 5.54 Å². The number of hydrogen-bond donors (Lipinski definition) is 1. The lowest BCUT2D eigenvalue weighted by molar-refractivity contribution is -0.151. The lowest BCUT2D eigenvalue weighted by atomic mass is 9.97. The molecule has 5 heteroatoms. The van der Waals surface area contributed by atoms with E-state index in [4.69, 9.17) is 14.2 Å². The number of rotatable bonds is 9. The molecule has 2 aliphatic rings. The Kier molecular flexibility index (Phi) is 6.02. The molecule has 2 unspecified atom stereocenters. The number of carbonyl (C=O) groups excluding carboxylic acids is 1. The first-order valence-electron chi connectivity index (χ1n) is 8.24.